The normalized spacial score (nSPS) is 16.5. The molecule has 21 heavy (non-hydrogen) atoms. The van der Waals surface area contributed by atoms with Crippen LogP contribution in [0.5, 0.6) is 0 Å². The van der Waals surface area contributed by atoms with Gasteiger partial charge in [0.2, 0.25) is 5.91 Å². The van der Waals surface area contributed by atoms with Crippen molar-refractivity contribution in [1.29, 1.82) is 5.26 Å². The van der Waals surface area contributed by atoms with E-state index >= 15 is 0 Å². The number of hydrogen-bond acceptors (Lipinski definition) is 3. The van der Waals surface area contributed by atoms with Crippen LogP contribution in [0.3, 0.4) is 0 Å². The van der Waals surface area contributed by atoms with Gasteiger partial charge in [0.15, 0.2) is 0 Å². The highest BCUT2D eigenvalue weighted by atomic mass is 19.1. The van der Waals surface area contributed by atoms with Crippen LogP contribution in [0.2, 0.25) is 0 Å². The van der Waals surface area contributed by atoms with Gasteiger partial charge in [-0.15, -0.1) is 0 Å². The van der Waals surface area contributed by atoms with Crippen molar-refractivity contribution in [2.45, 2.75) is 19.3 Å². The monoisotopic (exact) mass is 287 g/mol. The molecule has 1 atom stereocenters. The second-order valence-electron chi connectivity index (χ2n) is 5.02. The Labute approximate surface area is 123 Å². The Morgan fingerprint density at radius 3 is 3.00 bits per heavy atom. The Hall–Kier alpha value is -2.35. The van der Waals surface area contributed by atoms with Crippen molar-refractivity contribution >= 4 is 11.6 Å². The first kappa shape index (κ1) is 15.0. The molecule has 5 heteroatoms. The van der Waals surface area contributed by atoms with Gasteiger partial charge in [-0.2, -0.15) is 5.26 Å². The van der Waals surface area contributed by atoms with Gasteiger partial charge in [0.05, 0.1) is 5.69 Å². The van der Waals surface area contributed by atoms with Crippen LogP contribution < -0.4 is 10.6 Å². The zero-order valence-corrected chi connectivity index (χ0v) is 11.7. The minimum absolute atomic E-state index is 0.0000747. The third kappa shape index (κ3) is 4.32. The molecule has 0 radical (unpaired) electrons. The highest BCUT2D eigenvalue weighted by Gasteiger charge is 2.13. The standard InChI is InChI=1S/C16H18FN3O/c17-14-6-3-7-15(13(14)11-18)19-8-9-20-16(21)10-12-4-1-2-5-12/h1,3-4,6-7,12,19H,2,5,8-10H2,(H,20,21). The lowest BCUT2D eigenvalue weighted by Crippen LogP contribution is -2.29. The third-order valence-electron chi connectivity index (χ3n) is 3.45. The van der Waals surface area contributed by atoms with Gasteiger partial charge in [0, 0.05) is 19.5 Å². The molecule has 1 aliphatic carbocycles. The SMILES string of the molecule is N#Cc1c(F)cccc1NCCNC(=O)CC1C=CCC1. The molecule has 1 unspecified atom stereocenters. The van der Waals surface area contributed by atoms with Crippen molar-refractivity contribution in [3.63, 3.8) is 0 Å². The number of carbonyl (C=O) groups excluding carboxylic acids is 1. The van der Waals surface area contributed by atoms with E-state index in [0.717, 1.165) is 12.8 Å². The Morgan fingerprint density at radius 1 is 1.43 bits per heavy atom. The van der Waals surface area contributed by atoms with Gasteiger partial charge in [0.25, 0.3) is 0 Å². The topological polar surface area (TPSA) is 64.9 Å². The molecule has 4 nitrogen and oxygen atoms in total. The summed E-state index contributed by atoms with van der Waals surface area (Å²) in [6.45, 7) is 0.890. The molecule has 0 bridgehead atoms. The smallest absolute Gasteiger partial charge is 0.220 e. The van der Waals surface area contributed by atoms with E-state index in [2.05, 4.69) is 22.8 Å². The first-order valence-electron chi connectivity index (χ1n) is 7.06. The molecule has 110 valence electrons. The lowest BCUT2D eigenvalue weighted by Gasteiger charge is -2.11. The summed E-state index contributed by atoms with van der Waals surface area (Å²) in [6.07, 6.45) is 6.80. The molecule has 0 aliphatic heterocycles. The van der Waals surface area contributed by atoms with Crippen molar-refractivity contribution in [2.24, 2.45) is 5.92 Å². The van der Waals surface area contributed by atoms with Crippen LogP contribution in [0.4, 0.5) is 10.1 Å². The van der Waals surface area contributed by atoms with Gasteiger partial charge in [-0.05, 0) is 30.9 Å². The number of nitriles is 1. The lowest BCUT2D eigenvalue weighted by molar-refractivity contribution is -0.121. The maximum atomic E-state index is 13.4. The number of nitrogens with zero attached hydrogens (tertiary/aromatic N) is 1. The van der Waals surface area contributed by atoms with Crippen molar-refractivity contribution < 1.29 is 9.18 Å². The number of amides is 1. The minimum atomic E-state index is -0.542. The highest BCUT2D eigenvalue weighted by molar-refractivity contribution is 5.76. The van der Waals surface area contributed by atoms with E-state index < -0.39 is 5.82 Å². The van der Waals surface area contributed by atoms with Crippen LogP contribution in [0, 0.1) is 23.1 Å². The summed E-state index contributed by atoms with van der Waals surface area (Å²) in [4.78, 5) is 11.7. The first-order valence-corrected chi connectivity index (χ1v) is 7.06. The predicted molar refractivity (Wildman–Crippen MR) is 79.1 cm³/mol. The summed E-state index contributed by atoms with van der Waals surface area (Å²) < 4.78 is 13.4. The molecule has 0 heterocycles. The summed E-state index contributed by atoms with van der Waals surface area (Å²) in [6, 6.07) is 6.27. The second-order valence-corrected chi connectivity index (χ2v) is 5.02. The van der Waals surface area contributed by atoms with E-state index in [-0.39, 0.29) is 11.5 Å². The molecule has 0 saturated carbocycles. The van der Waals surface area contributed by atoms with E-state index in [1.54, 1.807) is 12.1 Å². The molecule has 1 aromatic carbocycles. The molecule has 0 aromatic heterocycles. The van der Waals surface area contributed by atoms with Crippen molar-refractivity contribution in [3.8, 4) is 6.07 Å². The molecule has 2 N–H and O–H groups in total. The maximum Gasteiger partial charge on any atom is 0.220 e. The van der Waals surface area contributed by atoms with Gasteiger partial charge < -0.3 is 10.6 Å². The van der Waals surface area contributed by atoms with E-state index in [0.29, 0.717) is 31.1 Å². The zero-order chi connectivity index (χ0) is 15.1. The summed E-state index contributed by atoms with van der Waals surface area (Å²) in [5.74, 6) is -0.168. The van der Waals surface area contributed by atoms with E-state index in [1.807, 2.05) is 6.07 Å². The minimum Gasteiger partial charge on any atom is -0.382 e. The molecular formula is C16H18FN3O. The molecule has 0 fully saturated rings. The molecule has 1 aromatic rings. The number of rotatable bonds is 6. The van der Waals surface area contributed by atoms with E-state index in [4.69, 9.17) is 5.26 Å². The summed E-state index contributed by atoms with van der Waals surface area (Å²) in [5.41, 5.74) is 0.449. The molecule has 0 spiro atoms. The van der Waals surface area contributed by atoms with E-state index in [9.17, 15) is 9.18 Å². The second kappa shape index (κ2) is 7.44. The Morgan fingerprint density at radius 2 is 2.29 bits per heavy atom. The quantitative estimate of drug-likeness (QED) is 0.624. The van der Waals surface area contributed by atoms with Crippen LogP contribution in [0.25, 0.3) is 0 Å². The number of allylic oxidation sites excluding steroid dienone is 2. The summed E-state index contributed by atoms with van der Waals surface area (Å²) >= 11 is 0. The number of hydrogen-bond donors (Lipinski definition) is 2. The number of carbonyl (C=O) groups is 1. The van der Waals surface area contributed by atoms with Crippen LogP contribution in [-0.2, 0) is 4.79 Å². The zero-order valence-electron chi connectivity index (χ0n) is 11.7. The fourth-order valence-corrected chi connectivity index (χ4v) is 2.36. The lowest BCUT2D eigenvalue weighted by atomic mass is 10.1. The molecule has 1 aliphatic rings. The van der Waals surface area contributed by atoms with Crippen molar-refractivity contribution in [2.75, 3.05) is 18.4 Å². The summed E-state index contributed by atoms with van der Waals surface area (Å²) in [7, 11) is 0. The number of benzene rings is 1. The van der Waals surface area contributed by atoms with Crippen molar-refractivity contribution in [3.05, 3.63) is 41.7 Å². The largest absolute Gasteiger partial charge is 0.382 e. The summed E-state index contributed by atoms with van der Waals surface area (Å²) in [5, 5.41) is 14.7. The number of nitrogens with one attached hydrogen (secondary N) is 2. The van der Waals surface area contributed by atoms with Gasteiger partial charge in [-0.3, -0.25) is 4.79 Å². The van der Waals surface area contributed by atoms with E-state index in [1.165, 1.54) is 6.07 Å². The van der Waals surface area contributed by atoms with Gasteiger partial charge in [-0.1, -0.05) is 18.2 Å². The highest BCUT2D eigenvalue weighted by Crippen LogP contribution is 2.20. The van der Waals surface area contributed by atoms with Crippen molar-refractivity contribution in [1.82, 2.24) is 5.32 Å². The Balaban J connectivity index is 1.72. The number of anilines is 1. The van der Waals surface area contributed by atoms with Crippen LogP contribution in [-0.4, -0.2) is 19.0 Å². The molecule has 1 amide bonds. The molecular weight excluding hydrogens is 269 g/mol. The average molecular weight is 287 g/mol. The molecule has 2 rings (SSSR count). The fourth-order valence-electron chi connectivity index (χ4n) is 2.36. The third-order valence-corrected chi connectivity index (χ3v) is 3.45. The van der Waals surface area contributed by atoms with Gasteiger partial charge in [0.1, 0.15) is 17.4 Å². The predicted octanol–water partition coefficient (Wildman–Crippen LogP) is 2.58. The Bertz CT molecular complexity index is 577. The van der Waals surface area contributed by atoms with Crippen LogP contribution in [0.1, 0.15) is 24.8 Å². The Kier molecular flexibility index (Phi) is 5.33. The average Bonchev–Trinajstić information content (AvgIpc) is 2.96. The van der Waals surface area contributed by atoms with Gasteiger partial charge >= 0.3 is 0 Å². The maximum absolute atomic E-state index is 13.4. The molecule has 0 saturated heterocycles. The van der Waals surface area contributed by atoms with Gasteiger partial charge in [-0.25, -0.2) is 4.39 Å². The first-order chi connectivity index (χ1) is 10.2. The van der Waals surface area contributed by atoms with Crippen LogP contribution >= 0.6 is 0 Å². The fraction of sp³-hybridized carbons (Fsp3) is 0.375. The number of halogens is 1. The van der Waals surface area contributed by atoms with Crippen LogP contribution in [0.15, 0.2) is 30.4 Å².